The van der Waals surface area contributed by atoms with E-state index >= 15 is 0 Å². The van der Waals surface area contributed by atoms with Gasteiger partial charge in [0, 0.05) is 12.2 Å². The van der Waals surface area contributed by atoms with Crippen molar-refractivity contribution in [3.05, 3.63) is 30.1 Å². The van der Waals surface area contributed by atoms with E-state index in [-0.39, 0.29) is 24.9 Å². The van der Waals surface area contributed by atoms with E-state index in [4.69, 9.17) is 0 Å². The summed E-state index contributed by atoms with van der Waals surface area (Å²) in [7, 11) is 1.69. The molecule has 22 heavy (non-hydrogen) atoms. The predicted octanol–water partition coefficient (Wildman–Crippen LogP) is 1.86. The standard InChI is InChI=1S/C16H24FN3O2/c1-12(2)7-8-18-15(21)10-20(3)11-16(22)19-14-6-4-5-13(17)9-14/h4-6,9,12H,7-8,10-11H2,1-3H3,(H,18,21)(H,19,22). The van der Waals surface area contributed by atoms with Gasteiger partial charge in [0.15, 0.2) is 0 Å². The molecule has 6 heteroatoms. The van der Waals surface area contributed by atoms with Crippen LogP contribution in [0.15, 0.2) is 24.3 Å². The Labute approximate surface area is 130 Å². The number of hydrogen-bond acceptors (Lipinski definition) is 3. The Morgan fingerprint density at radius 3 is 2.55 bits per heavy atom. The van der Waals surface area contributed by atoms with Gasteiger partial charge in [0.05, 0.1) is 13.1 Å². The monoisotopic (exact) mass is 309 g/mol. The number of halogens is 1. The van der Waals surface area contributed by atoms with Crippen LogP contribution >= 0.6 is 0 Å². The summed E-state index contributed by atoms with van der Waals surface area (Å²) in [6.45, 7) is 5.03. The van der Waals surface area contributed by atoms with Crippen molar-refractivity contribution in [1.29, 1.82) is 0 Å². The van der Waals surface area contributed by atoms with Crippen molar-refractivity contribution >= 4 is 17.5 Å². The molecule has 1 aromatic rings. The second kappa shape index (κ2) is 9.15. The second-order valence-corrected chi connectivity index (χ2v) is 5.76. The molecule has 0 saturated carbocycles. The second-order valence-electron chi connectivity index (χ2n) is 5.76. The van der Waals surface area contributed by atoms with Crippen LogP contribution in [0.3, 0.4) is 0 Å². The van der Waals surface area contributed by atoms with Gasteiger partial charge in [-0.3, -0.25) is 14.5 Å². The number of carbonyl (C=O) groups excluding carboxylic acids is 2. The first-order chi connectivity index (χ1) is 10.4. The normalized spacial score (nSPS) is 10.8. The molecule has 0 atom stereocenters. The van der Waals surface area contributed by atoms with Crippen LogP contribution in [-0.2, 0) is 9.59 Å². The molecule has 0 radical (unpaired) electrons. The highest BCUT2D eigenvalue weighted by Crippen LogP contribution is 2.08. The number of likely N-dealkylation sites (N-methyl/N-ethyl adjacent to an activating group) is 1. The fourth-order valence-electron chi connectivity index (χ4n) is 1.87. The number of benzene rings is 1. The molecule has 0 aromatic heterocycles. The van der Waals surface area contributed by atoms with Crippen molar-refractivity contribution in [2.75, 3.05) is 32.0 Å². The Bertz CT molecular complexity index is 506. The third-order valence-corrected chi connectivity index (χ3v) is 2.98. The summed E-state index contributed by atoms with van der Waals surface area (Å²) < 4.78 is 13.0. The molecule has 0 unspecified atom stereocenters. The average Bonchev–Trinajstić information content (AvgIpc) is 2.37. The number of amides is 2. The van der Waals surface area contributed by atoms with Gasteiger partial charge in [0.1, 0.15) is 5.82 Å². The molecule has 5 nitrogen and oxygen atoms in total. The minimum Gasteiger partial charge on any atom is -0.355 e. The van der Waals surface area contributed by atoms with Gasteiger partial charge >= 0.3 is 0 Å². The van der Waals surface area contributed by atoms with E-state index in [2.05, 4.69) is 24.5 Å². The first kappa shape index (κ1) is 18.1. The molecule has 0 aliphatic rings. The third kappa shape index (κ3) is 7.73. The third-order valence-electron chi connectivity index (χ3n) is 2.98. The van der Waals surface area contributed by atoms with Gasteiger partial charge < -0.3 is 10.6 Å². The molecular weight excluding hydrogens is 285 g/mol. The molecule has 0 aliphatic carbocycles. The average molecular weight is 309 g/mol. The largest absolute Gasteiger partial charge is 0.355 e. The highest BCUT2D eigenvalue weighted by Gasteiger charge is 2.11. The summed E-state index contributed by atoms with van der Waals surface area (Å²) in [5, 5.41) is 5.41. The molecule has 1 aromatic carbocycles. The SMILES string of the molecule is CC(C)CCNC(=O)CN(C)CC(=O)Nc1cccc(F)c1. The van der Waals surface area contributed by atoms with E-state index in [9.17, 15) is 14.0 Å². The lowest BCUT2D eigenvalue weighted by Crippen LogP contribution is -2.39. The van der Waals surface area contributed by atoms with Gasteiger partial charge in [0.2, 0.25) is 11.8 Å². The highest BCUT2D eigenvalue weighted by atomic mass is 19.1. The molecule has 1 rings (SSSR count). The van der Waals surface area contributed by atoms with E-state index in [1.54, 1.807) is 18.0 Å². The number of hydrogen-bond donors (Lipinski definition) is 2. The molecule has 0 bridgehead atoms. The van der Waals surface area contributed by atoms with E-state index in [0.717, 1.165) is 6.42 Å². The molecule has 0 aliphatic heterocycles. The fourth-order valence-corrected chi connectivity index (χ4v) is 1.87. The molecule has 0 spiro atoms. The molecular formula is C16H24FN3O2. The maximum Gasteiger partial charge on any atom is 0.238 e. The zero-order valence-corrected chi connectivity index (χ0v) is 13.4. The van der Waals surface area contributed by atoms with Crippen LogP contribution in [0.1, 0.15) is 20.3 Å². The summed E-state index contributed by atoms with van der Waals surface area (Å²) in [5.41, 5.74) is 0.403. The van der Waals surface area contributed by atoms with Crippen LogP contribution in [-0.4, -0.2) is 43.4 Å². The van der Waals surface area contributed by atoms with E-state index < -0.39 is 5.82 Å². The van der Waals surface area contributed by atoms with E-state index in [1.807, 2.05) is 0 Å². The number of anilines is 1. The first-order valence-corrected chi connectivity index (χ1v) is 7.37. The maximum absolute atomic E-state index is 13.0. The number of rotatable bonds is 8. The molecule has 2 N–H and O–H groups in total. The van der Waals surface area contributed by atoms with Gasteiger partial charge in [-0.1, -0.05) is 19.9 Å². The smallest absolute Gasteiger partial charge is 0.238 e. The van der Waals surface area contributed by atoms with Gasteiger partial charge in [0.25, 0.3) is 0 Å². The van der Waals surface area contributed by atoms with E-state index in [0.29, 0.717) is 18.2 Å². The summed E-state index contributed by atoms with van der Waals surface area (Å²) in [6, 6.07) is 5.69. The predicted molar refractivity (Wildman–Crippen MR) is 85.0 cm³/mol. The summed E-state index contributed by atoms with van der Waals surface area (Å²) in [4.78, 5) is 25.1. The number of nitrogens with one attached hydrogen (secondary N) is 2. The zero-order chi connectivity index (χ0) is 16.5. The lowest BCUT2D eigenvalue weighted by Gasteiger charge is -2.16. The highest BCUT2D eigenvalue weighted by molar-refractivity contribution is 5.92. The van der Waals surface area contributed by atoms with Crippen LogP contribution in [0.25, 0.3) is 0 Å². The van der Waals surface area contributed by atoms with Crippen molar-refractivity contribution < 1.29 is 14.0 Å². The minimum absolute atomic E-state index is 0.0636. The fraction of sp³-hybridized carbons (Fsp3) is 0.500. The van der Waals surface area contributed by atoms with Crippen LogP contribution < -0.4 is 10.6 Å². The van der Waals surface area contributed by atoms with Crippen molar-refractivity contribution in [3.8, 4) is 0 Å². The minimum atomic E-state index is -0.407. The van der Waals surface area contributed by atoms with Gasteiger partial charge in [-0.05, 0) is 37.6 Å². The molecule has 0 heterocycles. The molecule has 0 saturated heterocycles. The molecule has 122 valence electrons. The molecule has 0 fully saturated rings. The maximum atomic E-state index is 13.0. The molecule has 2 amide bonds. The van der Waals surface area contributed by atoms with Crippen molar-refractivity contribution in [3.63, 3.8) is 0 Å². The lowest BCUT2D eigenvalue weighted by molar-refractivity contribution is -0.122. The number of nitrogens with zero attached hydrogens (tertiary/aromatic N) is 1. The Balaban J connectivity index is 2.30. The first-order valence-electron chi connectivity index (χ1n) is 7.37. The Hall–Kier alpha value is -1.95. The van der Waals surface area contributed by atoms with Crippen LogP contribution in [0.4, 0.5) is 10.1 Å². The van der Waals surface area contributed by atoms with Gasteiger partial charge in [-0.15, -0.1) is 0 Å². The summed E-state index contributed by atoms with van der Waals surface area (Å²) in [6.07, 6.45) is 0.926. The van der Waals surface area contributed by atoms with Crippen LogP contribution in [0, 0.1) is 11.7 Å². The van der Waals surface area contributed by atoms with E-state index in [1.165, 1.54) is 18.2 Å². The Morgan fingerprint density at radius 1 is 1.23 bits per heavy atom. The quantitative estimate of drug-likeness (QED) is 0.770. The number of carbonyl (C=O) groups is 2. The topological polar surface area (TPSA) is 61.4 Å². The summed E-state index contributed by atoms with van der Waals surface area (Å²) >= 11 is 0. The summed E-state index contributed by atoms with van der Waals surface area (Å²) in [5.74, 6) is -0.268. The Morgan fingerprint density at radius 2 is 1.91 bits per heavy atom. The van der Waals surface area contributed by atoms with Crippen molar-refractivity contribution in [1.82, 2.24) is 10.2 Å². The van der Waals surface area contributed by atoms with Crippen LogP contribution in [0.5, 0.6) is 0 Å². The lowest BCUT2D eigenvalue weighted by atomic mass is 10.1. The van der Waals surface area contributed by atoms with Crippen molar-refractivity contribution in [2.45, 2.75) is 20.3 Å². The zero-order valence-electron chi connectivity index (χ0n) is 13.4. The van der Waals surface area contributed by atoms with Gasteiger partial charge in [-0.25, -0.2) is 4.39 Å². The van der Waals surface area contributed by atoms with Crippen LogP contribution in [0.2, 0.25) is 0 Å². The Kier molecular flexibility index (Phi) is 7.52. The van der Waals surface area contributed by atoms with Crippen molar-refractivity contribution in [2.24, 2.45) is 5.92 Å². The van der Waals surface area contributed by atoms with Gasteiger partial charge in [-0.2, -0.15) is 0 Å².